The number of methoxy groups -OCH3 is 1. The largest absolute Gasteiger partial charge is 0.488 e. The fourth-order valence-electron chi connectivity index (χ4n) is 2.50. The highest BCUT2D eigenvalue weighted by Crippen LogP contribution is 2.30. The molecule has 1 aromatic carbocycles. The average molecular weight is 263 g/mol. The Hall–Kier alpha value is -1.06. The van der Waals surface area contributed by atoms with E-state index in [-0.39, 0.29) is 17.6 Å². The molecule has 3 unspecified atom stereocenters. The SMILES string of the molecule is CNC1CC(Oc2ccc(C(C)(C)C)cc2)C1OC. The lowest BCUT2D eigenvalue weighted by molar-refractivity contribution is -0.0869. The van der Waals surface area contributed by atoms with E-state index < -0.39 is 0 Å². The van der Waals surface area contributed by atoms with E-state index in [1.807, 2.05) is 7.05 Å². The molecule has 19 heavy (non-hydrogen) atoms. The van der Waals surface area contributed by atoms with Crippen molar-refractivity contribution in [2.24, 2.45) is 0 Å². The lowest BCUT2D eigenvalue weighted by Gasteiger charge is -2.43. The summed E-state index contributed by atoms with van der Waals surface area (Å²) in [5, 5.41) is 3.24. The van der Waals surface area contributed by atoms with E-state index in [0.717, 1.165) is 12.2 Å². The minimum absolute atomic E-state index is 0.146. The Morgan fingerprint density at radius 2 is 1.79 bits per heavy atom. The van der Waals surface area contributed by atoms with Crippen LogP contribution in [0.3, 0.4) is 0 Å². The highest BCUT2D eigenvalue weighted by atomic mass is 16.5. The van der Waals surface area contributed by atoms with Crippen LogP contribution in [0.5, 0.6) is 5.75 Å². The molecule has 1 aromatic rings. The van der Waals surface area contributed by atoms with E-state index in [1.54, 1.807) is 7.11 Å². The van der Waals surface area contributed by atoms with Gasteiger partial charge in [0.1, 0.15) is 18.0 Å². The van der Waals surface area contributed by atoms with Gasteiger partial charge in [-0.2, -0.15) is 0 Å². The zero-order valence-corrected chi connectivity index (χ0v) is 12.6. The maximum atomic E-state index is 5.99. The monoisotopic (exact) mass is 263 g/mol. The number of benzene rings is 1. The minimum Gasteiger partial charge on any atom is -0.488 e. The third-order valence-electron chi connectivity index (χ3n) is 3.90. The molecule has 2 rings (SSSR count). The van der Waals surface area contributed by atoms with Gasteiger partial charge in [0.05, 0.1) is 0 Å². The molecule has 0 amide bonds. The van der Waals surface area contributed by atoms with Crippen molar-refractivity contribution in [2.45, 2.75) is 50.9 Å². The van der Waals surface area contributed by atoms with Crippen LogP contribution in [-0.2, 0) is 10.2 Å². The molecule has 0 radical (unpaired) electrons. The van der Waals surface area contributed by atoms with Crippen LogP contribution < -0.4 is 10.1 Å². The first-order valence-corrected chi connectivity index (χ1v) is 6.93. The van der Waals surface area contributed by atoms with Gasteiger partial charge in [-0.15, -0.1) is 0 Å². The molecule has 1 saturated carbocycles. The fraction of sp³-hybridized carbons (Fsp3) is 0.625. The van der Waals surface area contributed by atoms with E-state index in [1.165, 1.54) is 5.56 Å². The first-order valence-electron chi connectivity index (χ1n) is 6.93. The van der Waals surface area contributed by atoms with Gasteiger partial charge < -0.3 is 14.8 Å². The lowest BCUT2D eigenvalue weighted by Crippen LogP contribution is -2.60. The molecule has 1 aliphatic rings. The Labute approximate surface area is 116 Å². The van der Waals surface area contributed by atoms with Gasteiger partial charge >= 0.3 is 0 Å². The van der Waals surface area contributed by atoms with Crippen molar-refractivity contribution in [2.75, 3.05) is 14.2 Å². The zero-order valence-electron chi connectivity index (χ0n) is 12.6. The van der Waals surface area contributed by atoms with E-state index in [9.17, 15) is 0 Å². The summed E-state index contributed by atoms with van der Waals surface area (Å²) < 4.78 is 11.5. The maximum absolute atomic E-state index is 5.99. The number of rotatable bonds is 4. The number of nitrogens with one attached hydrogen (secondary N) is 1. The minimum atomic E-state index is 0.146. The Morgan fingerprint density at radius 3 is 2.26 bits per heavy atom. The van der Waals surface area contributed by atoms with Gasteiger partial charge in [0.25, 0.3) is 0 Å². The van der Waals surface area contributed by atoms with Gasteiger partial charge in [0, 0.05) is 19.6 Å². The smallest absolute Gasteiger partial charge is 0.128 e. The summed E-state index contributed by atoms with van der Waals surface area (Å²) in [6.45, 7) is 6.65. The molecule has 3 nitrogen and oxygen atoms in total. The Morgan fingerprint density at radius 1 is 1.16 bits per heavy atom. The standard InChI is InChI=1S/C16H25NO2/c1-16(2,3)11-6-8-12(9-7-11)19-14-10-13(17-4)15(14)18-5/h6-9,13-15,17H,10H2,1-5H3. The second-order valence-electron chi connectivity index (χ2n) is 6.26. The molecule has 1 N–H and O–H groups in total. The van der Waals surface area contributed by atoms with Crippen LogP contribution in [0.25, 0.3) is 0 Å². The second-order valence-corrected chi connectivity index (χ2v) is 6.26. The van der Waals surface area contributed by atoms with Crippen molar-refractivity contribution < 1.29 is 9.47 Å². The van der Waals surface area contributed by atoms with Crippen molar-refractivity contribution in [1.82, 2.24) is 5.32 Å². The number of hydrogen-bond acceptors (Lipinski definition) is 3. The highest BCUT2D eigenvalue weighted by Gasteiger charge is 2.42. The van der Waals surface area contributed by atoms with Crippen molar-refractivity contribution >= 4 is 0 Å². The molecule has 1 fully saturated rings. The van der Waals surface area contributed by atoms with Gasteiger partial charge in [-0.1, -0.05) is 32.9 Å². The summed E-state index contributed by atoms with van der Waals surface area (Å²) in [7, 11) is 3.71. The molecule has 0 aliphatic heterocycles. The lowest BCUT2D eigenvalue weighted by atomic mass is 9.85. The number of hydrogen-bond donors (Lipinski definition) is 1. The van der Waals surface area contributed by atoms with Crippen molar-refractivity contribution in [1.29, 1.82) is 0 Å². The van der Waals surface area contributed by atoms with Crippen molar-refractivity contribution in [3.8, 4) is 5.75 Å². The Balaban J connectivity index is 1.97. The first-order chi connectivity index (χ1) is 8.95. The Kier molecular flexibility index (Phi) is 4.16. The zero-order chi connectivity index (χ0) is 14.0. The van der Waals surface area contributed by atoms with Gasteiger partial charge in [0.2, 0.25) is 0 Å². The average Bonchev–Trinajstić information content (AvgIpc) is 2.34. The molecule has 3 atom stereocenters. The summed E-state index contributed by atoms with van der Waals surface area (Å²) in [5.41, 5.74) is 1.51. The quantitative estimate of drug-likeness (QED) is 0.906. The van der Waals surface area contributed by atoms with Crippen LogP contribution in [-0.4, -0.2) is 32.4 Å². The third kappa shape index (κ3) is 3.10. The van der Waals surface area contributed by atoms with Crippen LogP contribution in [0, 0.1) is 0 Å². The fourth-order valence-corrected chi connectivity index (χ4v) is 2.50. The molecule has 1 aliphatic carbocycles. The third-order valence-corrected chi connectivity index (χ3v) is 3.90. The van der Waals surface area contributed by atoms with Crippen LogP contribution >= 0.6 is 0 Å². The molecule has 0 saturated heterocycles. The van der Waals surface area contributed by atoms with E-state index in [4.69, 9.17) is 9.47 Å². The molecule has 0 bridgehead atoms. The molecular weight excluding hydrogens is 238 g/mol. The van der Waals surface area contributed by atoms with Gasteiger partial charge in [0.15, 0.2) is 0 Å². The molecule has 106 valence electrons. The van der Waals surface area contributed by atoms with Gasteiger partial charge in [-0.3, -0.25) is 0 Å². The Bertz CT molecular complexity index is 408. The number of ether oxygens (including phenoxy) is 2. The van der Waals surface area contributed by atoms with Crippen molar-refractivity contribution in [3.05, 3.63) is 29.8 Å². The summed E-state index contributed by atoms with van der Waals surface area (Å²) in [6, 6.07) is 8.81. The van der Waals surface area contributed by atoms with E-state index >= 15 is 0 Å². The van der Waals surface area contributed by atoms with Gasteiger partial charge in [-0.05, 0) is 30.2 Å². The molecule has 3 heteroatoms. The summed E-state index contributed by atoms with van der Waals surface area (Å²) in [5.74, 6) is 0.926. The summed E-state index contributed by atoms with van der Waals surface area (Å²) in [4.78, 5) is 0. The molecular formula is C16H25NO2. The summed E-state index contributed by atoms with van der Waals surface area (Å²) in [6.07, 6.45) is 1.30. The predicted molar refractivity (Wildman–Crippen MR) is 77.8 cm³/mol. The van der Waals surface area contributed by atoms with Crippen LogP contribution in [0.2, 0.25) is 0 Å². The normalized spacial score (nSPS) is 26.9. The molecule has 0 heterocycles. The van der Waals surface area contributed by atoms with Gasteiger partial charge in [-0.25, -0.2) is 0 Å². The first kappa shape index (κ1) is 14.4. The highest BCUT2D eigenvalue weighted by molar-refractivity contribution is 5.31. The van der Waals surface area contributed by atoms with Crippen LogP contribution in [0.1, 0.15) is 32.8 Å². The van der Waals surface area contributed by atoms with Crippen molar-refractivity contribution in [3.63, 3.8) is 0 Å². The topological polar surface area (TPSA) is 30.5 Å². The van der Waals surface area contributed by atoms with Crippen LogP contribution in [0.4, 0.5) is 0 Å². The summed E-state index contributed by atoms with van der Waals surface area (Å²) >= 11 is 0. The maximum Gasteiger partial charge on any atom is 0.128 e. The van der Waals surface area contributed by atoms with E-state index in [0.29, 0.717) is 6.04 Å². The second kappa shape index (κ2) is 5.51. The number of likely N-dealkylation sites (N-methyl/N-ethyl adjacent to an activating group) is 1. The van der Waals surface area contributed by atoms with E-state index in [2.05, 4.69) is 50.4 Å². The van der Waals surface area contributed by atoms with Crippen LogP contribution in [0.15, 0.2) is 24.3 Å². The predicted octanol–water partition coefficient (Wildman–Crippen LogP) is 2.74. The molecule has 0 spiro atoms. The molecule has 0 aromatic heterocycles.